The molecule has 10 heteroatoms. The molecule has 5 rings (SSSR count). The number of carbonyl (C=O) groups excluding carboxylic acids is 2. The SMILES string of the molecule is COc1cc(N2CCCC2)c(OC)cc1N=Nc1cc(C(=O)N2CCc3c(/C=C(\N)C=O)cccc32)n(C)c1. The van der Waals surface area contributed by atoms with E-state index in [0.29, 0.717) is 47.8 Å². The molecule has 0 atom stereocenters. The van der Waals surface area contributed by atoms with Crippen LogP contribution in [0.2, 0.25) is 0 Å². The minimum atomic E-state index is -0.142. The van der Waals surface area contributed by atoms with Gasteiger partial charge in [-0.15, -0.1) is 10.2 Å². The molecule has 202 valence electrons. The molecule has 2 aliphatic heterocycles. The van der Waals surface area contributed by atoms with Crippen molar-refractivity contribution in [1.29, 1.82) is 0 Å². The summed E-state index contributed by atoms with van der Waals surface area (Å²) in [6.07, 6.45) is 6.99. The Morgan fingerprint density at radius 2 is 1.77 bits per heavy atom. The van der Waals surface area contributed by atoms with Crippen molar-refractivity contribution in [3.8, 4) is 11.5 Å². The lowest BCUT2D eigenvalue weighted by Gasteiger charge is -2.21. The summed E-state index contributed by atoms with van der Waals surface area (Å²) in [5.74, 6) is 1.17. The second kappa shape index (κ2) is 11.0. The Morgan fingerprint density at radius 3 is 2.49 bits per heavy atom. The first-order chi connectivity index (χ1) is 18.9. The fourth-order valence-corrected chi connectivity index (χ4v) is 5.23. The van der Waals surface area contributed by atoms with Gasteiger partial charge in [0, 0.05) is 50.7 Å². The predicted octanol–water partition coefficient (Wildman–Crippen LogP) is 4.76. The van der Waals surface area contributed by atoms with Crippen LogP contribution >= 0.6 is 0 Å². The average Bonchev–Trinajstić information content (AvgIpc) is 3.71. The third kappa shape index (κ3) is 5.09. The van der Waals surface area contributed by atoms with Gasteiger partial charge in [0.05, 0.1) is 25.6 Å². The highest BCUT2D eigenvalue weighted by Crippen LogP contribution is 2.42. The zero-order valence-electron chi connectivity index (χ0n) is 22.4. The van der Waals surface area contributed by atoms with Gasteiger partial charge in [-0.1, -0.05) is 12.1 Å². The van der Waals surface area contributed by atoms with Gasteiger partial charge in [0.15, 0.2) is 6.29 Å². The summed E-state index contributed by atoms with van der Waals surface area (Å²) in [5, 5.41) is 8.84. The van der Waals surface area contributed by atoms with E-state index in [1.54, 1.807) is 42.0 Å². The van der Waals surface area contributed by atoms with Gasteiger partial charge in [0.25, 0.3) is 5.91 Å². The number of aryl methyl sites for hydroxylation is 1. The Hall–Kier alpha value is -4.60. The number of aromatic nitrogens is 1. The molecule has 1 fully saturated rings. The molecule has 1 amide bonds. The van der Waals surface area contributed by atoms with E-state index in [1.165, 1.54) is 0 Å². The van der Waals surface area contributed by atoms with Crippen LogP contribution in [0.5, 0.6) is 11.5 Å². The van der Waals surface area contributed by atoms with Crippen molar-refractivity contribution >= 4 is 41.0 Å². The fourth-order valence-electron chi connectivity index (χ4n) is 5.23. The van der Waals surface area contributed by atoms with E-state index in [2.05, 4.69) is 15.1 Å². The highest BCUT2D eigenvalue weighted by atomic mass is 16.5. The van der Waals surface area contributed by atoms with E-state index in [4.69, 9.17) is 15.2 Å². The van der Waals surface area contributed by atoms with E-state index < -0.39 is 0 Å². The molecule has 10 nitrogen and oxygen atoms in total. The van der Waals surface area contributed by atoms with Crippen LogP contribution in [-0.4, -0.2) is 50.6 Å². The molecule has 3 aromatic rings. The Labute approximate surface area is 227 Å². The van der Waals surface area contributed by atoms with Crippen molar-refractivity contribution < 1.29 is 19.1 Å². The Balaban J connectivity index is 1.40. The first-order valence-electron chi connectivity index (χ1n) is 12.9. The molecule has 0 radical (unpaired) electrons. The second-order valence-corrected chi connectivity index (χ2v) is 9.60. The number of hydrogen-bond acceptors (Lipinski definition) is 8. The van der Waals surface area contributed by atoms with Crippen molar-refractivity contribution in [2.45, 2.75) is 19.3 Å². The number of hydrogen-bond donors (Lipinski definition) is 1. The van der Waals surface area contributed by atoms with Crippen LogP contribution in [0.3, 0.4) is 0 Å². The lowest BCUT2D eigenvalue weighted by atomic mass is 10.0. The van der Waals surface area contributed by atoms with Gasteiger partial charge in [-0.2, -0.15) is 0 Å². The molecule has 2 aliphatic rings. The smallest absolute Gasteiger partial charge is 0.274 e. The highest BCUT2D eigenvalue weighted by Gasteiger charge is 2.28. The van der Waals surface area contributed by atoms with Gasteiger partial charge in [-0.3, -0.25) is 9.59 Å². The largest absolute Gasteiger partial charge is 0.494 e. The van der Waals surface area contributed by atoms with Gasteiger partial charge in [0.1, 0.15) is 28.6 Å². The van der Waals surface area contributed by atoms with Crippen molar-refractivity contribution in [2.24, 2.45) is 23.0 Å². The molecule has 0 unspecified atom stereocenters. The Bertz CT molecular complexity index is 1470. The molecule has 0 spiro atoms. The van der Waals surface area contributed by atoms with E-state index in [1.807, 2.05) is 37.4 Å². The van der Waals surface area contributed by atoms with E-state index in [0.717, 1.165) is 48.4 Å². The van der Waals surface area contributed by atoms with Crippen LogP contribution in [0.4, 0.5) is 22.7 Å². The minimum Gasteiger partial charge on any atom is -0.494 e. The quantitative estimate of drug-likeness (QED) is 0.256. The highest BCUT2D eigenvalue weighted by molar-refractivity contribution is 6.07. The predicted molar refractivity (Wildman–Crippen MR) is 151 cm³/mol. The number of nitrogens with zero attached hydrogens (tertiary/aromatic N) is 5. The van der Waals surface area contributed by atoms with Crippen LogP contribution < -0.4 is 25.0 Å². The normalized spacial score (nSPS) is 15.2. The summed E-state index contributed by atoms with van der Waals surface area (Å²) in [4.78, 5) is 28.6. The average molecular weight is 529 g/mol. The van der Waals surface area contributed by atoms with Gasteiger partial charge in [-0.05, 0) is 48.6 Å². The second-order valence-electron chi connectivity index (χ2n) is 9.60. The number of amides is 1. The Kier molecular flexibility index (Phi) is 7.36. The van der Waals surface area contributed by atoms with Crippen molar-refractivity contribution in [2.75, 3.05) is 43.7 Å². The first kappa shape index (κ1) is 26.0. The van der Waals surface area contributed by atoms with Crippen LogP contribution in [0.15, 0.2) is 58.5 Å². The van der Waals surface area contributed by atoms with Crippen molar-refractivity contribution in [1.82, 2.24) is 4.57 Å². The number of nitrogens with two attached hydrogens (primary N) is 1. The molecule has 2 N–H and O–H groups in total. The standard InChI is InChI=1S/C29H32N6O4/c1-33-17-21(31-32-23-15-28(39-3)25(16-27(23)38-2)34-10-4-5-11-34)14-26(33)29(37)35-12-9-22-19(13-20(30)18-36)7-6-8-24(22)35/h6-8,13-18H,4-5,9-12,30H2,1-3H3/b20-13-,32-31?. The number of ether oxygens (including phenoxy) is 2. The molecule has 39 heavy (non-hydrogen) atoms. The lowest BCUT2D eigenvalue weighted by Crippen LogP contribution is -2.30. The maximum absolute atomic E-state index is 13.6. The molecule has 0 bridgehead atoms. The summed E-state index contributed by atoms with van der Waals surface area (Å²) in [6, 6.07) is 11.1. The van der Waals surface area contributed by atoms with Gasteiger partial charge in [-0.25, -0.2) is 0 Å². The number of benzene rings is 2. The fraction of sp³-hybridized carbons (Fsp3) is 0.310. The molecular weight excluding hydrogens is 496 g/mol. The summed E-state index contributed by atoms with van der Waals surface area (Å²) in [7, 11) is 5.06. The van der Waals surface area contributed by atoms with Crippen molar-refractivity contribution in [3.05, 3.63) is 65.1 Å². The van der Waals surface area contributed by atoms with E-state index >= 15 is 0 Å². The summed E-state index contributed by atoms with van der Waals surface area (Å²) >= 11 is 0. The first-order valence-corrected chi connectivity index (χ1v) is 12.9. The van der Waals surface area contributed by atoms with Crippen LogP contribution in [0.1, 0.15) is 34.5 Å². The number of rotatable bonds is 8. The molecule has 2 aromatic carbocycles. The zero-order chi connectivity index (χ0) is 27.5. The number of fused-ring (bicyclic) bond motifs is 1. The zero-order valence-corrected chi connectivity index (χ0v) is 22.4. The van der Waals surface area contributed by atoms with Gasteiger partial charge < -0.3 is 29.6 Å². The van der Waals surface area contributed by atoms with Crippen LogP contribution in [0, 0.1) is 0 Å². The maximum Gasteiger partial charge on any atom is 0.274 e. The summed E-state index contributed by atoms with van der Waals surface area (Å²) < 4.78 is 13.0. The van der Waals surface area contributed by atoms with Gasteiger partial charge >= 0.3 is 0 Å². The minimum absolute atomic E-state index is 0.142. The summed E-state index contributed by atoms with van der Waals surface area (Å²) in [5.41, 5.74) is 11.1. The lowest BCUT2D eigenvalue weighted by molar-refractivity contribution is -0.104. The number of azo groups is 1. The van der Waals surface area contributed by atoms with Crippen LogP contribution in [0.25, 0.3) is 6.08 Å². The molecular formula is C29H32N6O4. The molecule has 0 saturated carbocycles. The third-order valence-electron chi connectivity index (χ3n) is 7.18. The molecule has 3 heterocycles. The number of allylic oxidation sites excluding steroid dienone is 1. The topological polar surface area (TPSA) is 115 Å². The van der Waals surface area contributed by atoms with Gasteiger partial charge in [0.2, 0.25) is 0 Å². The summed E-state index contributed by atoms with van der Waals surface area (Å²) in [6.45, 7) is 2.49. The van der Waals surface area contributed by atoms with Crippen LogP contribution in [-0.2, 0) is 18.3 Å². The molecule has 1 saturated heterocycles. The maximum atomic E-state index is 13.6. The van der Waals surface area contributed by atoms with Crippen molar-refractivity contribution in [3.63, 3.8) is 0 Å². The number of anilines is 2. The molecule has 1 aromatic heterocycles. The van der Waals surface area contributed by atoms with E-state index in [-0.39, 0.29) is 11.6 Å². The number of methoxy groups -OCH3 is 2. The molecule has 0 aliphatic carbocycles. The Morgan fingerprint density at radius 1 is 1.00 bits per heavy atom. The van der Waals surface area contributed by atoms with E-state index in [9.17, 15) is 9.59 Å². The monoisotopic (exact) mass is 528 g/mol. The number of aldehydes is 1. The number of carbonyl (C=O) groups is 2. The third-order valence-corrected chi connectivity index (χ3v) is 7.18.